The molecule has 7 nitrogen and oxygen atoms in total. The second-order valence-corrected chi connectivity index (χ2v) is 6.78. The zero-order chi connectivity index (χ0) is 24.1. The monoisotopic (exact) mass is 436 g/mol. The van der Waals surface area contributed by atoms with E-state index in [1.807, 2.05) is 34.5 Å². The molecule has 2 unspecified atom stereocenters. The number of methoxy groups -OCH3 is 1. The second kappa shape index (κ2) is 14.2. The van der Waals surface area contributed by atoms with Gasteiger partial charge in [0.25, 0.3) is 0 Å². The van der Waals surface area contributed by atoms with Crippen molar-refractivity contribution in [1.29, 1.82) is 0 Å². The predicted molar refractivity (Wildman–Crippen MR) is 120 cm³/mol. The lowest BCUT2D eigenvalue weighted by Gasteiger charge is -2.18. The number of esters is 1. The molecule has 0 heterocycles. The lowest BCUT2D eigenvalue weighted by molar-refractivity contribution is -0.139. The molecule has 1 aromatic carbocycles. The van der Waals surface area contributed by atoms with E-state index in [2.05, 4.69) is 0 Å². The van der Waals surface area contributed by atoms with E-state index in [0.717, 1.165) is 16.7 Å². The van der Waals surface area contributed by atoms with Crippen LogP contribution in [0, 0.1) is 0 Å². The maximum absolute atomic E-state index is 12.5. The molecule has 1 aromatic rings. The van der Waals surface area contributed by atoms with Gasteiger partial charge in [0.1, 0.15) is 6.79 Å². The molecule has 174 valence electrons. The van der Waals surface area contributed by atoms with Crippen molar-refractivity contribution in [2.45, 2.75) is 66.6 Å². The van der Waals surface area contributed by atoms with Crippen LogP contribution in [0.1, 0.15) is 65.0 Å². The van der Waals surface area contributed by atoms with Gasteiger partial charge in [-0.15, -0.1) is 0 Å². The molecule has 0 saturated heterocycles. The molecule has 0 amide bonds. The van der Waals surface area contributed by atoms with Gasteiger partial charge in [-0.1, -0.05) is 19.4 Å². The molecule has 2 rings (SSSR count). The lowest BCUT2D eigenvalue weighted by atomic mass is 9.93. The van der Waals surface area contributed by atoms with Crippen LogP contribution in [0.3, 0.4) is 0 Å². The standard InChI is InChI=1S/C21H28O6.C2H6.CH2O/c1-6-26-21(24)17(11-27-20(23)13(4)12(2)3)15-8-7-14-9-18(22)19(25-5)10-16(14)15;2*1-2/h9-11,15,20,22-23H,6-8H2,1-5H3;1-2H3;1H2/b17-11+;;. The van der Waals surface area contributed by atoms with E-state index in [-0.39, 0.29) is 18.3 Å². The van der Waals surface area contributed by atoms with Gasteiger partial charge >= 0.3 is 5.97 Å². The molecular weight excluding hydrogens is 400 g/mol. The third-order valence-corrected chi connectivity index (χ3v) is 4.89. The SMILES string of the molecule is C=O.CC.CCOC(=O)/C(=C/OC(O)C(C)=C(C)C)C1CCc2cc(O)c(OC)cc21. The smallest absolute Gasteiger partial charge is 0.337 e. The van der Waals surface area contributed by atoms with Gasteiger partial charge in [0.2, 0.25) is 6.29 Å². The summed E-state index contributed by atoms with van der Waals surface area (Å²) in [6.07, 6.45) is 1.56. The van der Waals surface area contributed by atoms with E-state index in [1.165, 1.54) is 13.4 Å². The molecule has 0 aromatic heterocycles. The summed E-state index contributed by atoms with van der Waals surface area (Å²) in [7, 11) is 1.48. The zero-order valence-corrected chi connectivity index (χ0v) is 19.7. The highest BCUT2D eigenvalue weighted by Gasteiger charge is 2.32. The number of aliphatic hydroxyl groups excluding tert-OH is 1. The first-order valence-electron chi connectivity index (χ1n) is 10.3. The fourth-order valence-corrected chi connectivity index (χ4v) is 3.08. The number of aryl methyl sites for hydroxylation is 1. The summed E-state index contributed by atoms with van der Waals surface area (Å²) in [5.74, 6) is -0.313. The van der Waals surface area contributed by atoms with Crippen molar-refractivity contribution in [1.82, 2.24) is 0 Å². The van der Waals surface area contributed by atoms with Gasteiger partial charge in [-0.3, -0.25) is 0 Å². The summed E-state index contributed by atoms with van der Waals surface area (Å²) in [4.78, 5) is 20.5. The fraction of sp³-hybridized carbons (Fsp3) is 0.500. The Kier molecular flexibility index (Phi) is 13.0. The van der Waals surface area contributed by atoms with Crippen LogP contribution in [-0.2, 0) is 25.5 Å². The first-order chi connectivity index (χ1) is 14.8. The molecule has 1 aliphatic rings. The highest BCUT2D eigenvalue weighted by Crippen LogP contribution is 2.43. The average Bonchev–Trinajstić information content (AvgIpc) is 3.17. The molecule has 0 radical (unpaired) electrons. The van der Waals surface area contributed by atoms with Gasteiger partial charge in [-0.2, -0.15) is 0 Å². The van der Waals surface area contributed by atoms with E-state index in [0.29, 0.717) is 29.7 Å². The topological polar surface area (TPSA) is 102 Å². The third kappa shape index (κ3) is 7.43. The highest BCUT2D eigenvalue weighted by molar-refractivity contribution is 5.90. The molecule has 2 atom stereocenters. The number of carbonyl (C=O) groups excluding carboxylic acids is 2. The average molecular weight is 437 g/mol. The van der Waals surface area contributed by atoms with E-state index in [9.17, 15) is 15.0 Å². The molecule has 2 N–H and O–H groups in total. The first kappa shape index (κ1) is 28.2. The minimum atomic E-state index is -1.13. The third-order valence-electron chi connectivity index (χ3n) is 4.89. The van der Waals surface area contributed by atoms with E-state index in [1.54, 1.807) is 26.0 Å². The van der Waals surface area contributed by atoms with Crippen molar-refractivity contribution >= 4 is 12.8 Å². The Morgan fingerprint density at radius 2 is 1.87 bits per heavy atom. The molecule has 0 bridgehead atoms. The molecule has 1 aliphatic carbocycles. The number of rotatable bonds is 7. The molecular formula is C24H36O7. The summed E-state index contributed by atoms with van der Waals surface area (Å²) in [5.41, 5.74) is 3.81. The lowest BCUT2D eigenvalue weighted by Crippen LogP contribution is -2.17. The number of benzene rings is 1. The van der Waals surface area contributed by atoms with Crippen LogP contribution in [-0.4, -0.2) is 43.0 Å². The van der Waals surface area contributed by atoms with Crippen molar-refractivity contribution in [3.63, 3.8) is 0 Å². The quantitative estimate of drug-likeness (QED) is 0.215. The van der Waals surface area contributed by atoms with Crippen LogP contribution in [0.2, 0.25) is 0 Å². The van der Waals surface area contributed by atoms with E-state index in [4.69, 9.17) is 19.0 Å². The number of hydrogen-bond acceptors (Lipinski definition) is 7. The number of phenolic OH excluding ortho intramolecular Hbond substituents is 1. The normalized spacial score (nSPS) is 15.2. The zero-order valence-electron chi connectivity index (χ0n) is 19.7. The Bertz CT molecular complexity index is 776. The Morgan fingerprint density at radius 1 is 1.26 bits per heavy atom. The first-order valence-corrected chi connectivity index (χ1v) is 10.3. The number of hydrogen-bond donors (Lipinski definition) is 2. The Morgan fingerprint density at radius 3 is 2.39 bits per heavy atom. The number of carbonyl (C=O) groups is 2. The minimum Gasteiger partial charge on any atom is -0.504 e. The largest absolute Gasteiger partial charge is 0.504 e. The molecule has 0 spiro atoms. The van der Waals surface area contributed by atoms with Gasteiger partial charge in [-0.25, -0.2) is 4.79 Å². The summed E-state index contributed by atoms with van der Waals surface area (Å²) in [5, 5.41) is 20.2. The number of phenols is 1. The fourth-order valence-electron chi connectivity index (χ4n) is 3.08. The summed E-state index contributed by atoms with van der Waals surface area (Å²) >= 11 is 0. The number of fused-ring (bicyclic) bond motifs is 1. The molecule has 0 aliphatic heterocycles. The Balaban J connectivity index is 0.00000212. The van der Waals surface area contributed by atoms with Crippen molar-refractivity contribution in [3.8, 4) is 11.5 Å². The van der Waals surface area contributed by atoms with Gasteiger partial charge < -0.3 is 29.2 Å². The maximum Gasteiger partial charge on any atom is 0.337 e. The van der Waals surface area contributed by atoms with Crippen LogP contribution < -0.4 is 4.74 Å². The summed E-state index contributed by atoms with van der Waals surface area (Å²) in [6, 6.07) is 3.41. The second-order valence-electron chi connectivity index (χ2n) is 6.78. The number of ether oxygens (including phenoxy) is 3. The number of aliphatic hydroxyl groups is 1. The Labute approximate surface area is 185 Å². The summed E-state index contributed by atoms with van der Waals surface area (Å²) in [6.45, 7) is 13.5. The molecule has 7 heteroatoms. The van der Waals surface area contributed by atoms with Crippen molar-refractivity contribution in [2.24, 2.45) is 0 Å². The van der Waals surface area contributed by atoms with E-state index >= 15 is 0 Å². The van der Waals surface area contributed by atoms with Crippen LogP contribution in [0.4, 0.5) is 0 Å². The van der Waals surface area contributed by atoms with Gasteiger partial charge in [0.15, 0.2) is 11.5 Å². The number of allylic oxidation sites excluding steroid dienone is 1. The van der Waals surface area contributed by atoms with Crippen molar-refractivity contribution in [2.75, 3.05) is 13.7 Å². The molecule has 31 heavy (non-hydrogen) atoms. The minimum absolute atomic E-state index is 0.0735. The van der Waals surface area contributed by atoms with Gasteiger partial charge in [-0.05, 0) is 69.4 Å². The predicted octanol–water partition coefficient (Wildman–Crippen LogP) is 4.41. The van der Waals surface area contributed by atoms with Crippen LogP contribution in [0.5, 0.6) is 11.5 Å². The number of aromatic hydroxyl groups is 1. The summed E-state index contributed by atoms with van der Waals surface area (Å²) < 4.78 is 15.8. The molecule has 0 fully saturated rings. The van der Waals surface area contributed by atoms with E-state index < -0.39 is 12.3 Å². The van der Waals surface area contributed by atoms with Gasteiger partial charge in [0.05, 0.1) is 25.6 Å². The van der Waals surface area contributed by atoms with Crippen molar-refractivity contribution in [3.05, 3.63) is 46.2 Å². The van der Waals surface area contributed by atoms with Crippen LogP contribution in [0.25, 0.3) is 0 Å². The molecule has 0 saturated carbocycles. The Hall–Kier alpha value is -2.80. The van der Waals surface area contributed by atoms with Gasteiger partial charge in [0, 0.05) is 5.92 Å². The van der Waals surface area contributed by atoms with Crippen LogP contribution >= 0.6 is 0 Å². The van der Waals surface area contributed by atoms with Crippen molar-refractivity contribution < 1.29 is 34.0 Å². The van der Waals surface area contributed by atoms with Crippen LogP contribution in [0.15, 0.2) is 35.1 Å². The highest BCUT2D eigenvalue weighted by atomic mass is 16.6. The maximum atomic E-state index is 12.5.